The minimum atomic E-state index is -0.548. The minimum absolute atomic E-state index is 0.00617. The number of anilines is 1. The van der Waals surface area contributed by atoms with E-state index in [2.05, 4.69) is 28.7 Å². The van der Waals surface area contributed by atoms with E-state index in [9.17, 15) is 14.7 Å². The molecule has 45 heavy (non-hydrogen) atoms. The fourth-order valence-corrected chi connectivity index (χ4v) is 5.94. The van der Waals surface area contributed by atoms with E-state index in [0.29, 0.717) is 33.7 Å². The fraction of sp³-hybridized carbons (Fsp3) is 0.286. The van der Waals surface area contributed by atoms with Crippen molar-refractivity contribution in [1.82, 2.24) is 18.9 Å². The molecule has 0 radical (unpaired) electrons. The van der Waals surface area contributed by atoms with Crippen LogP contribution in [0.15, 0.2) is 88.9 Å². The van der Waals surface area contributed by atoms with Crippen molar-refractivity contribution in [2.45, 2.75) is 25.4 Å². The predicted molar refractivity (Wildman–Crippen MR) is 177 cm³/mol. The number of aryl methyl sites for hydroxylation is 1. The summed E-state index contributed by atoms with van der Waals surface area (Å²) in [6, 6.07) is 11.9. The van der Waals surface area contributed by atoms with Crippen LogP contribution < -0.4 is 16.4 Å². The maximum Gasteiger partial charge on any atom is 0.274 e. The van der Waals surface area contributed by atoms with Crippen molar-refractivity contribution in [3.8, 4) is 16.8 Å². The molecular formula is C35H37FN6O3. The molecule has 0 atom stereocenters. The van der Waals surface area contributed by atoms with Crippen LogP contribution in [-0.2, 0) is 13.7 Å². The highest BCUT2D eigenvalue weighted by Crippen LogP contribution is 2.41. The Bertz CT molecular complexity index is 1960. The average molecular weight is 609 g/mol. The number of piperazine rings is 1. The zero-order chi connectivity index (χ0) is 31.8. The molecule has 2 aromatic carbocycles. The van der Waals surface area contributed by atoms with Gasteiger partial charge in [-0.25, -0.2) is 4.39 Å². The Hall–Kier alpha value is -4.80. The summed E-state index contributed by atoms with van der Waals surface area (Å²) >= 11 is 0. The Labute approximate surface area is 260 Å². The number of allylic oxidation sites excluding steroid dienone is 1. The van der Waals surface area contributed by atoms with E-state index >= 15 is 4.39 Å². The van der Waals surface area contributed by atoms with Crippen molar-refractivity contribution < 1.29 is 9.50 Å². The topological polar surface area (TPSA) is 107 Å². The summed E-state index contributed by atoms with van der Waals surface area (Å²) in [6.45, 7) is 7.31. The normalized spacial score (nSPS) is 15.6. The third-order valence-electron chi connectivity index (χ3n) is 8.71. The lowest BCUT2D eigenvalue weighted by atomic mass is 9.98. The monoisotopic (exact) mass is 608 g/mol. The van der Waals surface area contributed by atoms with Crippen LogP contribution in [0.2, 0.25) is 0 Å². The maximum absolute atomic E-state index is 15.2. The number of amidine groups is 1. The molecule has 6 rings (SSSR count). The molecule has 3 N–H and O–H groups in total. The lowest BCUT2D eigenvalue weighted by Gasteiger charge is -2.34. The number of hydrogen-bond acceptors (Lipinski definition) is 6. The fourth-order valence-electron chi connectivity index (χ4n) is 5.94. The molecule has 0 bridgehead atoms. The van der Waals surface area contributed by atoms with Crippen LogP contribution in [0.25, 0.3) is 27.6 Å². The van der Waals surface area contributed by atoms with E-state index in [1.807, 2.05) is 6.07 Å². The zero-order valence-electron chi connectivity index (χ0n) is 25.5. The number of hydrogen-bond donors (Lipinski definition) is 3. The van der Waals surface area contributed by atoms with Gasteiger partial charge < -0.3 is 24.8 Å². The molecule has 232 valence electrons. The number of pyridine rings is 2. The van der Waals surface area contributed by atoms with Crippen LogP contribution in [0, 0.1) is 11.2 Å². The van der Waals surface area contributed by atoms with Crippen LogP contribution in [0.1, 0.15) is 29.9 Å². The van der Waals surface area contributed by atoms with E-state index < -0.39 is 18.0 Å². The molecule has 4 aromatic rings. The number of nitrogens with one attached hydrogen (secondary N) is 2. The van der Waals surface area contributed by atoms with Gasteiger partial charge in [-0.05, 0) is 78.7 Å². The highest BCUT2D eigenvalue weighted by atomic mass is 19.1. The van der Waals surface area contributed by atoms with Crippen LogP contribution in [0.3, 0.4) is 0 Å². The number of benzene rings is 2. The first-order chi connectivity index (χ1) is 21.6. The lowest BCUT2D eigenvalue weighted by Crippen LogP contribution is -2.43. The van der Waals surface area contributed by atoms with Gasteiger partial charge in [0.2, 0.25) is 0 Å². The SMILES string of the molecule is C=C(/C=C\C(=N)Nc1cc(-c2cccc(-n3ccc4cc(C5CC5)cc(F)c4c3=O)c2CO)cn(C)c1=O)N1CCN(C)CC1. The Kier molecular flexibility index (Phi) is 8.26. The van der Waals surface area contributed by atoms with E-state index in [1.54, 1.807) is 61.9 Å². The number of likely N-dealkylation sites (N-methyl/N-ethyl adjacent to an activating group) is 1. The van der Waals surface area contributed by atoms with Crippen LogP contribution in [-0.4, -0.2) is 63.1 Å². The number of aromatic nitrogens is 2. The molecule has 3 heterocycles. The number of halogens is 1. The van der Waals surface area contributed by atoms with Gasteiger partial charge in [0.15, 0.2) is 0 Å². The van der Waals surface area contributed by atoms with Crippen LogP contribution in [0.4, 0.5) is 10.1 Å². The van der Waals surface area contributed by atoms with Crippen LogP contribution >= 0.6 is 0 Å². The molecule has 2 aromatic heterocycles. The molecule has 9 nitrogen and oxygen atoms in total. The quantitative estimate of drug-likeness (QED) is 0.154. The van der Waals surface area contributed by atoms with E-state index in [4.69, 9.17) is 5.41 Å². The van der Waals surface area contributed by atoms with E-state index in [-0.39, 0.29) is 22.5 Å². The maximum atomic E-state index is 15.2. The summed E-state index contributed by atoms with van der Waals surface area (Å²) < 4.78 is 18.0. The summed E-state index contributed by atoms with van der Waals surface area (Å²) in [5.41, 5.74) is 3.09. The van der Waals surface area contributed by atoms with Crippen molar-refractivity contribution in [2.75, 3.05) is 38.5 Å². The third kappa shape index (κ3) is 6.11. The summed E-state index contributed by atoms with van der Waals surface area (Å²) in [4.78, 5) is 31.1. The Morgan fingerprint density at radius 1 is 1.07 bits per heavy atom. The molecule has 0 spiro atoms. The van der Waals surface area contributed by atoms with Gasteiger partial charge in [-0.15, -0.1) is 0 Å². The molecule has 10 heteroatoms. The molecule has 1 saturated heterocycles. The molecule has 0 unspecified atom stereocenters. The van der Waals surface area contributed by atoms with Gasteiger partial charge in [0.1, 0.15) is 17.3 Å². The van der Waals surface area contributed by atoms with Gasteiger partial charge >= 0.3 is 0 Å². The first-order valence-corrected chi connectivity index (χ1v) is 15.1. The lowest BCUT2D eigenvalue weighted by molar-refractivity contribution is 0.190. The average Bonchev–Trinajstić information content (AvgIpc) is 3.88. The van der Waals surface area contributed by atoms with Gasteiger partial charge in [-0.2, -0.15) is 0 Å². The second-order valence-corrected chi connectivity index (χ2v) is 11.9. The van der Waals surface area contributed by atoms with Crippen molar-refractivity contribution in [1.29, 1.82) is 5.41 Å². The molecule has 1 aliphatic heterocycles. The first-order valence-electron chi connectivity index (χ1n) is 15.1. The largest absolute Gasteiger partial charge is 0.392 e. The van der Waals surface area contributed by atoms with Gasteiger partial charge in [0.25, 0.3) is 11.1 Å². The van der Waals surface area contributed by atoms with Crippen molar-refractivity contribution in [2.24, 2.45) is 7.05 Å². The second-order valence-electron chi connectivity index (χ2n) is 11.9. The third-order valence-corrected chi connectivity index (χ3v) is 8.71. The standard InChI is InChI=1S/C35H37FN6O3/c1-22(41-15-13-39(2)14-16-41)7-10-32(37)38-30-19-26(20-40(3)34(30)44)27-5-4-6-31(28(27)21-43)42-12-11-24-17-25(23-8-9-23)18-29(36)33(24)35(42)45/h4-7,10-12,17-20,23,43H,1,8-9,13-16,21H2,2-3H3,(H2,37,38)/b10-7-. The van der Waals surface area contributed by atoms with Crippen molar-refractivity contribution in [3.63, 3.8) is 0 Å². The summed E-state index contributed by atoms with van der Waals surface area (Å²) in [5, 5.41) is 22.5. The minimum Gasteiger partial charge on any atom is -0.392 e. The van der Waals surface area contributed by atoms with Gasteiger partial charge in [0.05, 0.1) is 17.7 Å². The van der Waals surface area contributed by atoms with Crippen LogP contribution in [0.5, 0.6) is 0 Å². The van der Waals surface area contributed by atoms with Gasteiger partial charge in [-0.1, -0.05) is 24.8 Å². The highest BCUT2D eigenvalue weighted by molar-refractivity contribution is 6.02. The summed E-state index contributed by atoms with van der Waals surface area (Å²) in [5.74, 6) is -0.176. The summed E-state index contributed by atoms with van der Waals surface area (Å²) in [6.07, 6.45) is 8.65. The van der Waals surface area contributed by atoms with E-state index in [0.717, 1.165) is 50.3 Å². The Balaban J connectivity index is 1.31. The molecular weight excluding hydrogens is 571 g/mol. The second kappa shape index (κ2) is 12.3. The Morgan fingerprint density at radius 2 is 1.82 bits per heavy atom. The summed E-state index contributed by atoms with van der Waals surface area (Å²) in [7, 11) is 3.69. The first kappa shape index (κ1) is 30.2. The number of fused-ring (bicyclic) bond motifs is 1. The molecule has 1 saturated carbocycles. The predicted octanol–water partition coefficient (Wildman–Crippen LogP) is 4.57. The number of rotatable bonds is 8. The van der Waals surface area contributed by atoms with Crippen molar-refractivity contribution >= 4 is 22.3 Å². The molecule has 2 aliphatic rings. The molecule has 2 fully saturated rings. The van der Waals surface area contributed by atoms with Crippen molar-refractivity contribution in [3.05, 3.63) is 117 Å². The highest BCUT2D eigenvalue weighted by Gasteiger charge is 2.25. The smallest absolute Gasteiger partial charge is 0.274 e. The van der Waals surface area contributed by atoms with Gasteiger partial charge in [0, 0.05) is 62.4 Å². The Morgan fingerprint density at radius 3 is 2.53 bits per heavy atom. The molecule has 0 amide bonds. The number of nitrogens with zero attached hydrogens (tertiary/aromatic N) is 4. The molecule has 1 aliphatic carbocycles. The van der Waals surface area contributed by atoms with E-state index in [1.165, 1.54) is 15.2 Å². The zero-order valence-corrected chi connectivity index (χ0v) is 25.5. The number of aliphatic hydroxyl groups excluding tert-OH is 1. The van der Waals surface area contributed by atoms with Gasteiger partial charge in [-0.3, -0.25) is 19.6 Å². The number of aliphatic hydroxyl groups is 1.